The molecule has 2 amide bonds. The summed E-state index contributed by atoms with van der Waals surface area (Å²) < 4.78 is 0. The maximum Gasteiger partial charge on any atom is 0.227 e. The molecule has 30 heavy (non-hydrogen) atoms. The van der Waals surface area contributed by atoms with Gasteiger partial charge in [-0.2, -0.15) is 0 Å². The third-order valence-corrected chi connectivity index (χ3v) is 5.70. The van der Waals surface area contributed by atoms with Crippen LogP contribution in [0.4, 0.5) is 5.69 Å². The predicted octanol–water partition coefficient (Wildman–Crippen LogP) is 4.38. The molecule has 1 saturated heterocycles. The quantitative estimate of drug-likeness (QED) is 0.642. The highest BCUT2D eigenvalue weighted by Crippen LogP contribution is 2.28. The molecule has 0 radical (unpaired) electrons. The van der Waals surface area contributed by atoms with Crippen LogP contribution in [-0.2, 0) is 9.59 Å². The van der Waals surface area contributed by atoms with E-state index in [1.807, 2.05) is 66.7 Å². The van der Waals surface area contributed by atoms with Crippen LogP contribution in [0.25, 0.3) is 0 Å². The van der Waals surface area contributed by atoms with Crippen molar-refractivity contribution < 1.29 is 9.59 Å². The normalized spacial score (nSPS) is 16.1. The van der Waals surface area contributed by atoms with Gasteiger partial charge >= 0.3 is 0 Å². The number of amides is 2. The zero-order valence-corrected chi connectivity index (χ0v) is 16.9. The van der Waals surface area contributed by atoms with Crippen molar-refractivity contribution in [2.24, 2.45) is 5.92 Å². The zero-order chi connectivity index (χ0) is 20.8. The largest absolute Gasteiger partial charge is 0.356 e. The summed E-state index contributed by atoms with van der Waals surface area (Å²) >= 11 is 0. The molecule has 152 valence electrons. The second-order valence-electron chi connectivity index (χ2n) is 7.69. The van der Waals surface area contributed by atoms with Crippen molar-refractivity contribution in [3.8, 4) is 0 Å². The van der Waals surface area contributed by atoms with Gasteiger partial charge in [0, 0.05) is 31.1 Å². The lowest BCUT2D eigenvalue weighted by Gasteiger charge is -2.19. The molecule has 4 rings (SSSR count). The Bertz CT molecular complexity index is 934. The Morgan fingerprint density at radius 2 is 1.40 bits per heavy atom. The highest BCUT2D eigenvalue weighted by molar-refractivity contribution is 6.00. The lowest BCUT2D eigenvalue weighted by molar-refractivity contribution is -0.126. The Balaban J connectivity index is 1.37. The van der Waals surface area contributed by atoms with Crippen molar-refractivity contribution in [3.05, 3.63) is 102 Å². The van der Waals surface area contributed by atoms with E-state index in [0.717, 1.165) is 12.1 Å². The standard InChI is InChI=1S/C26H26N2O2/c29-25-18-22(19-28(25)23-14-8-3-9-15-23)26(30)27-17-16-24(20-10-4-1-5-11-20)21-12-6-2-7-13-21/h1-15,22,24H,16-19H2,(H,27,30)/t22-/m1/s1. The van der Waals surface area contributed by atoms with Crippen LogP contribution >= 0.6 is 0 Å². The third-order valence-electron chi connectivity index (χ3n) is 5.70. The van der Waals surface area contributed by atoms with Gasteiger partial charge in [0.05, 0.1) is 5.92 Å². The van der Waals surface area contributed by atoms with Crippen LogP contribution in [0.2, 0.25) is 0 Å². The molecular formula is C26H26N2O2. The molecule has 0 aromatic heterocycles. The molecule has 0 spiro atoms. The molecule has 0 bridgehead atoms. The Morgan fingerprint density at radius 1 is 0.867 bits per heavy atom. The summed E-state index contributed by atoms with van der Waals surface area (Å²) in [6, 6.07) is 30.3. The lowest BCUT2D eigenvalue weighted by Crippen LogP contribution is -2.34. The predicted molar refractivity (Wildman–Crippen MR) is 119 cm³/mol. The Hall–Kier alpha value is -3.40. The molecular weight excluding hydrogens is 372 g/mol. The second kappa shape index (κ2) is 9.40. The van der Waals surface area contributed by atoms with E-state index in [1.165, 1.54) is 11.1 Å². The van der Waals surface area contributed by atoms with E-state index in [1.54, 1.807) is 4.90 Å². The fourth-order valence-electron chi connectivity index (χ4n) is 4.12. The summed E-state index contributed by atoms with van der Waals surface area (Å²) in [4.78, 5) is 26.8. The fraction of sp³-hybridized carbons (Fsp3) is 0.231. The number of carbonyl (C=O) groups is 2. The summed E-state index contributed by atoms with van der Waals surface area (Å²) in [5, 5.41) is 3.07. The zero-order valence-electron chi connectivity index (χ0n) is 16.9. The van der Waals surface area contributed by atoms with Gasteiger partial charge in [-0.25, -0.2) is 0 Å². The molecule has 1 N–H and O–H groups in total. The number of nitrogens with zero attached hydrogens (tertiary/aromatic N) is 1. The first-order valence-corrected chi connectivity index (χ1v) is 10.5. The summed E-state index contributed by atoms with van der Waals surface area (Å²) in [5.41, 5.74) is 3.33. The average molecular weight is 399 g/mol. The van der Waals surface area contributed by atoms with E-state index in [4.69, 9.17) is 0 Å². The van der Waals surface area contributed by atoms with Gasteiger partial charge in [-0.05, 0) is 29.7 Å². The average Bonchev–Trinajstić information content (AvgIpc) is 3.20. The highest BCUT2D eigenvalue weighted by atomic mass is 16.2. The van der Waals surface area contributed by atoms with E-state index in [-0.39, 0.29) is 30.1 Å². The van der Waals surface area contributed by atoms with Gasteiger partial charge in [-0.15, -0.1) is 0 Å². The number of carbonyl (C=O) groups excluding carboxylic acids is 2. The van der Waals surface area contributed by atoms with Crippen LogP contribution in [0.5, 0.6) is 0 Å². The fourth-order valence-corrected chi connectivity index (χ4v) is 4.12. The first-order chi connectivity index (χ1) is 14.7. The molecule has 1 aliphatic rings. The minimum atomic E-state index is -0.301. The molecule has 1 fully saturated rings. The van der Waals surface area contributed by atoms with Gasteiger partial charge in [-0.1, -0.05) is 78.9 Å². The summed E-state index contributed by atoms with van der Waals surface area (Å²) in [6.07, 6.45) is 1.07. The molecule has 0 unspecified atom stereocenters. The van der Waals surface area contributed by atoms with Crippen LogP contribution in [0.1, 0.15) is 29.9 Å². The van der Waals surface area contributed by atoms with E-state index < -0.39 is 0 Å². The first kappa shape index (κ1) is 19.9. The van der Waals surface area contributed by atoms with Gasteiger partial charge in [0.25, 0.3) is 0 Å². The SMILES string of the molecule is O=C(NCCC(c1ccccc1)c1ccccc1)[C@@H]1CC(=O)N(c2ccccc2)C1. The minimum Gasteiger partial charge on any atom is -0.356 e. The molecule has 1 atom stereocenters. The smallest absolute Gasteiger partial charge is 0.227 e. The maximum absolute atomic E-state index is 12.7. The van der Waals surface area contributed by atoms with Gasteiger partial charge in [0.15, 0.2) is 0 Å². The Morgan fingerprint density at radius 3 is 1.97 bits per heavy atom. The van der Waals surface area contributed by atoms with Crippen molar-refractivity contribution in [1.82, 2.24) is 5.32 Å². The molecule has 1 heterocycles. The van der Waals surface area contributed by atoms with Crippen LogP contribution in [0.15, 0.2) is 91.0 Å². The van der Waals surface area contributed by atoms with Crippen LogP contribution < -0.4 is 10.2 Å². The van der Waals surface area contributed by atoms with Crippen LogP contribution in [0.3, 0.4) is 0 Å². The summed E-state index contributed by atoms with van der Waals surface area (Å²) in [7, 11) is 0. The van der Waals surface area contributed by atoms with Gasteiger partial charge in [-0.3, -0.25) is 9.59 Å². The molecule has 0 saturated carbocycles. The summed E-state index contributed by atoms with van der Waals surface area (Å²) in [6.45, 7) is 1.01. The van der Waals surface area contributed by atoms with Crippen molar-refractivity contribution in [3.63, 3.8) is 0 Å². The van der Waals surface area contributed by atoms with Crippen molar-refractivity contribution >= 4 is 17.5 Å². The molecule has 4 nitrogen and oxygen atoms in total. The Kier molecular flexibility index (Phi) is 6.23. The van der Waals surface area contributed by atoms with E-state index in [0.29, 0.717) is 13.1 Å². The lowest BCUT2D eigenvalue weighted by atomic mass is 9.88. The number of benzene rings is 3. The van der Waals surface area contributed by atoms with E-state index >= 15 is 0 Å². The number of hydrogen-bond donors (Lipinski definition) is 1. The number of anilines is 1. The Labute approximate surface area is 177 Å². The number of rotatable bonds is 7. The van der Waals surface area contributed by atoms with Crippen molar-refractivity contribution in [2.45, 2.75) is 18.8 Å². The van der Waals surface area contributed by atoms with Gasteiger partial charge in [0.2, 0.25) is 11.8 Å². The van der Waals surface area contributed by atoms with E-state index in [2.05, 4.69) is 29.6 Å². The second-order valence-corrected chi connectivity index (χ2v) is 7.69. The van der Waals surface area contributed by atoms with Crippen LogP contribution in [0, 0.1) is 5.92 Å². The number of hydrogen-bond acceptors (Lipinski definition) is 2. The van der Waals surface area contributed by atoms with Crippen molar-refractivity contribution in [2.75, 3.05) is 18.0 Å². The monoisotopic (exact) mass is 398 g/mol. The maximum atomic E-state index is 12.7. The highest BCUT2D eigenvalue weighted by Gasteiger charge is 2.34. The van der Waals surface area contributed by atoms with Crippen molar-refractivity contribution in [1.29, 1.82) is 0 Å². The van der Waals surface area contributed by atoms with E-state index in [9.17, 15) is 9.59 Å². The number of nitrogens with one attached hydrogen (secondary N) is 1. The van der Waals surface area contributed by atoms with Crippen LogP contribution in [-0.4, -0.2) is 24.9 Å². The number of para-hydroxylation sites is 1. The van der Waals surface area contributed by atoms with Gasteiger partial charge < -0.3 is 10.2 Å². The first-order valence-electron chi connectivity index (χ1n) is 10.5. The molecule has 3 aromatic rings. The summed E-state index contributed by atoms with van der Waals surface area (Å²) in [5.74, 6) is -0.113. The molecule has 3 aromatic carbocycles. The minimum absolute atomic E-state index is 0.00722. The molecule has 0 aliphatic carbocycles. The topological polar surface area (TPSA) is 49.4 Å². The molecule has 4 heteroatoms. The van der Waals surface area contributed by atoms with Gasteiger partial charge in [0.1, 0.15) is 0 Å². The third kappa shape index (κ3) is 4.60. The molecule has 1 aliphatic heterocycles.